The normalized spacial score (nSPS) is 10.4. The number of carbonyl (C=O) groups is 1. The molecular weight excluding hydrogens is 292 g/mol. The highest BCUT2D eigenvalue weighted by atomic mass is 35.5. The van der Waals surface area contributed by atoms with Crippen molar-refractivity contribution in [1.82, 2.24) is 15.1 Å². The third-order valence-corrected chi connectivity index (χ3v) is 4.08. The lowest BCUT2D eigenvalue weighted by molar-refractivity contribution is 0.221. The molecule has 2 heterocycles. The van der Waals surface area contributed by atoms with Crippen LogP contribution in [0, 0.1) is 6.92 Å². The van der Waals surface area contributed by atoms with E-state index in [1.165, 1.54) is 22.7 Å². The van der Waals surface area contributed by atoms with Crippen molar-refractivity contribution in [3.63, 3.8) is 0 Å². The van der Waals surface area contributed by atoms with Gasteiger partial charge in [0.05, 0.1) is 10.9 Å². The average Bonchev–Trinajstić information content (AvgIpc) is 2.88. The molecule has 0 aromatic carbocycles. The summed E-state index contributed by atoms with van der Waals surface area (Å²) < 4.78 is 0.721. The molecule has 0 fully saturated rings. The van der Waals surface area contributed by atoms with E-state index in [0.717, 1.165) is 14.2 Å². The predicted molar refractivity (Wildman–Crippen MR) is 74.5 cm³/mol. The number of aryl methyl sites for hydroxylation is 1. The molecule has 18 heavy (non-hydrogen) atoms. The first-order valence-corrected chi connectivity index (χ1v) is 7.12. The van der Waals surface area contributed by atoms with Crippen LogP contribution in [-0.4, -0.2) is 28.2 Å². The zero-order valence-corrected chi connectivity index (χ0v) is 12.2. The van der Waals surface area contributed by atoms with E-state index in [1.807, 2.05) is 19.1 Å². The molecule has 1 N–H and O–H groups in total. The van der Waals surface area contributed by atoms with Crippen LogP contribution in [0.1, 0.15) is 9.88 Å². The Balaban J connectivity index is 1.92. The number of aromatic nitrogens is 2. The molecule has 0 bridgehead atoms. The van der Waals surface area contributed by atoms with E-state index >= 15 is 0 Å². The Bertz CT molecular complexity index is 554. The molecule has 0 aliphatic carbocycles. The summed E-state index contributed by atoms with van der Waals surface area (Å²) in [7, 11) is 1.72. The summed E-state index contributed by atoms with van der Waals surface area (Å²) in [6.07, 6.45) is 0. The first-order chi connectivity index (χ1) is 8.54. The summed E-state index contributed by atoms with van der Waals surface area (Å²) in [6.45, 7) is 2.35. The SMILES string of the molecule is Cc1nnc(NC(=O)N(C)Cc2ccc(Cl)s2)s1. The number of urea groups is 1. The Labute approximate surface area is 117 Å². The number of hydrogen-bond donors (Lipinski definition) is 1. The number of halogens is 1. The highest BCUT2D eigenvalue weighted by Crippen LogP contribution is 2.22. The summed E-state index contributed by atoms with van der Waals surface area (Å²) >= 11 is 8.65. The molecular formula is C10H11ClN4OS2. The van der Waals surface area contributed by atoms with Crippen molar-refractivity contribution >= 4 is 45.4 Å². The van der Waals surface area contributed by atoms with Gasteiger partial charge >= 0.3 is 6.03 Å². The molecule has 5 nitrogen and oxygen atoms in total. The van der Waals surface area contributed by atoms with Gasteiger partial charge in [0.15, 0.2) is 0 Å². The second-order valence-corrected chi connectivity index (χ2v) is 6.60. The van der Waals surface area contributed by atoms with Crippen LogP contribution in [0.15, 0.2) is 12.1 Å². The summed E-state index contributed by atoms with van der Waals surface area (Å²) in [4.78, 5) is 14.5. The van der Waals surface area contributed by atoms with E-state index < -0.39 is 0 Å². The standard InChI is InChI=1S/C10H11ClN4OS2/c1-6-13-14-9(17-6)12-10(16)15(2)5-7-3-4-8(11)18-7/h3-4H,5H2,1-2H3,(H,12,14,16). The summed E-state index contributed by atoms with van der Waals surface area (Å²) in [5.41, 5.74) is 0. The number of rotatable bonds is 3. The quantitative estimate of drug-likeness (QED) is 0.947. The van der Waals surface area contributed by atoms with Crippen molar-refractivity contribution in [2.24, 2.45) is 0 Å². The number of anilines is 1. The number of nitrogens with zero attached hydrogens (tertiary/aromatic N) is 3. The molecule has 0 saturated heterocycles. The van der Waals surface area contributed by atoms with E-state index in [2.05, 4.69) is 15.5 Å². The van der Waals surface area contributed by atoms with Crippen molar-refractivity contribution < 1.29 is 4.79 Å². The van der Waals surface area contributed by atoms with E-state index in [4.69, 9.17) is 11.6 Å². The first kappa shape index (κ1) is 13.3. The van der Waals surface area contributed by atoms with Crippen LogP contribution in [0.3, 0.4) is 0 Å². The Kier molecular flexibility index (Phi) is 4.15. The smallest absolute Gasteiger partial charge is 0.322 e. The van der Waals surface area contributed by atoms with Crippen LogP contribution in [-0.2, 0) is 6.54 Å². The third-order valence-electron chi connectivity index (χ3n) is 2.11. The second kappa shape index (κ2) is 5.64. The Hall–Kier alpha value is -1.18. The van der Waals surface area contributed by atoms with E-state index in [0.29, 0.717) is 11.7 Å². The van der Waals surface area contributed by atoms with E-state index in [1.54, 1.807) is 11.9 Å². The fourth-order valence-electron chi connectivity index (χ4n) is 1.28. The molecule has 0 radical (unpaired) electrons. The fourth-order valence-corrected chi connectivity index (χ4v) is 3.00. The number of nitrogens with one attached hydrogen (secondary N) is 1. The molecule has 0 unspecified atom stereocenters. The minimum atomic E-state index is -0.212. The molecule has 0 aliphatic rings. The minimum absolute atomic E-state index is 0.212. The molecule has 2 aromatic heterocycles. The Morgan fingerprint density at radius 2 is 2.22 bits per heavy atom. The monoisotopic (exact) mass is 302 g/mol. The van der Waals surface area contributed by atoms with Gasteiger partial charge in [0, 0.05) is 11.9 Å². The highest BCUT2D eigenvalue weighted by molar-refractivity contribution is 7.16. The Morgan fingerprint density at radius 3 is 2.78 bits per heavy atom. The molecule has 2 rings (SSSR count). The molecule has 0 spiro atoms. The maximum absolute atomic E-state index is 11.9. The van der Waals surface area contributed by atoms with Gasteiger partial charge in [-0.1, -0.05) is 22.9 Å². The van der Waals surface area contributed by atoms with Crippen molar-refractivity contribution in [3.05, 3.63) is 26.4 Å². The van der Waals surface area contributed by atoms with Gasteiger partial charge < -0.3 is 4.90 Å². The van der Waals surface area contributed by atoms with Crippen LogP contribution in [0.2, 0.25) is 4.34 Å². The van der Waals surface area contributed by atoms with Crippen LogP contribution in [0.5, 0.6) is 0 Å². The lowest BCUT2D eigenvalue weighted by Crippen LogP contribution is -2.30. The number of amides is 2. The molecule has 8 heteroatoms. The maximum Gasteiger partial charge on any atom is 0.323 e. The number of hydrogen-bond acceptors (Lipinski definition) is 5. The van der Waals surface area contributed by atoms with Gasteiger partial charge in [0.25, 0.3) is 0 Å². The molecule has 2 amide bonds. The van der Waals surface area contributed by atoms with Crippen molar-refractivity contribution in [2.75, 3.05) is 12.4 Å². The largest absolute Gasteiger partial charge is 0.323 e. The van der Waals surface area contributed by atoms with Crippen molar-refractivity contribution in [1.29, 1.82) is 0 Å². The van der Waals surface area contributed by atoms with Gasteiger partial charge in [0.1, 0.15) is 5.01 Å². The molecule has 0 saturated carbocycles. The highest BCUT2D eigenvalue weighted by Gasteiger charge is 2.12. The predicted octanol–water partition coefficient (Wildman–Crippen LogP) is 3.23. The van der Waals surface area contributed by atoms with Gasteiger partial charge in [-0.25, -0.2) is 4.79 Å². The molecule has 0 atom stereocenters. The van der Waals surface area contributed by atoms with Crippen LogP contribution in [0.4, 0.5) is 9.93 Å². The maximum atomic E-state index is 11.9. The zero-order valence-electron chi connectivity index (χ0n) is 9.81. The van der Waals surface area contributed by atoms with Crippen LogP contribution >= 0.6 is 34.3 Å². The lowest BCUT2D eigenvalue weighted by atomic mass is 10.4. The number of carbonyl (C=O) groups excluding carboxylic acids is 1. The second-order valence-electron chi connectivity index (χ2n) is 3.62. The third kappa shape index (κ3) is 3.41. The zero-order chi connectivity index (χ0) is 13.1. The van der Waals surface area contributed by atoms with Crippen LogP contribution in [0.25, 0.3) is 0 Å². The lowest BCUT2D eigenvalue weighted by Gasteiger charge is -2.15. The number of thiophene rings is 1. The van der Waals surface area contributed by atoms with Gasteiger partial charge in [-0.3, -0.25) is 5.32 Å². The summed E-state index contributed by atoms with van der Waals surface area (Å²) in [5.74, 6) is 0. The summed E-state index contributed by atoms with van der Waals surface area (Å²) in [6, 6.07) is 3.52. The van der Waals surface area contributed by atoms with Gasteiger partial charge in [-0.2, -0.15) is 0 Å². The average molecular weight is 303 g/mol. The molecule has 2 aromatic rings. The first-order valence-electron chi connectivity index (χ1n) is 5.11. The van der Waals surface area contributed by atoms with Gasteiger partial charge in [-0.15, -0.1) is 21.5 Å². The molecule has 0 aliphatic heterocycles. The van der Waals surface area contributed by atoms with Gasteiger partial charge in [-0.05, 0) is 19.1 Å². The van der Waals surface area contributed by atoms with Crippen molar-refractivity contribution in [2.45, 2.75) is 13.5 Å². The molecule has 96 valence electrons. The van der Waals surface area contributed by atoms with Gasteiger partial charge in [0.2, 0.25) is 5.13 Å². The summed E-state index contributed by atoms with van der Waals surface area (Å²) in [5, 5.41) is 11.7. The fraction of sp³-hybridized carbons (Fsp3) is 0.300. The topological polar surface area (TPSA) is 58.1 Å². The van der Waals surface area contributed by atoms with Crippen molar-refractivity contribution in [3.8, 4) is 0 Å². The van der Waals surface area contributed by atoms with Crippen LogP contribution < -0.4 is 5.32 Å². The van der Waals surface area contributed by atoms with E-state index in [9.17, 15) is 4.79 Å². The Morgan fingerprint density at radius 1 is 1.44 bits per heavy atom. The minimum Gasteiger partial charge on any atom is -0.322 e. The van der Waals surface area contributed by atoms with E-state index in [-0.39, 0.29) is 6.03 Å².